The summed E-state index contributed by atoms with van der Waals surface area (Å²) in [6, 6.07) is 22.6. The molecule has 5 aromatic rings. The smallest absolute Gasteiger partial charge is 0.304 e. The Balaban J connectivity index is 1.14. The first-order valence-corrected chi connectivity index (χ1v) is 13.7. The summed E-state index contributed by atoms with van der Waals surface area (Å²) in [6.07, 6.45) is -0.144. The average Bonchev–Trinajstić information content (AvgIpc) is 3.59. The van der Waals surface area contributed by atoms with E-state index in [1.807, 2.05) is 66.0 Å². The number of nitrogens with zero attached hydrogens (tertiary/aromatic N) is 2. The first kappa shape index (κ1) is 25.3. The Bertz CT molecular complexity index is 1690. The number of H-pyrrole nitrogens is 1. The fraction of sp³-hybridized carbons (Fsp3) is 0.133. The Kier molecular flexibility index (Phi) is 6.75. The molecule has 0 fully saturated rings. The number of aromatic nitrogens is 2. The molecule has 0 saturated carbocycles. The maximum Gasteiger partial charge on any atom is 0.304 e. The Labute approximate surface area is 233 Å². The standard InChI is InChI=1S/C30H25N5O4S/c36-27(31-14-18-9-11-19(12-10-18)32-30-33-24-6-2-3-7-25(24)34-30)15-35-26-8-4-1-5-20(26)21(13-28(37)38)22-16-40-17-23(22)29(35)39/h1-12,16-17,21H,13-15H2,(H,31,36)(H,37,38)(H2,32,33,34). The molecule has 3 heterocycles. The number of carboxylic acid groups (broad SMARTS) is 1. The second kappa shape index (κ2) is 10.7. The number of nitrogens with one attached hydrogen (secondary N) is 3. The van der Waals surface area contributed by atoms with Crippen LogP contribution in [0.1, 0.15) is 39.4 Å². The Morgan fingerprint density at radius 1 is 0.975 bits per heavy atom. The van der Waals surface area contributed by atoms with Crippen molar-refractivity contribution in [2.45, 2.75) is 18.9 Å². The zero-order valence-electron chi connectivity index (χ0n) is 21.3. The number of hydrogen-bond donors (Lipinski definition) is 4. The molecule has 40 heavy (non-hydrogen) atoms. The molecule has 0 spiro atoms. The topological polar surface area (TPSA) is 127 Å². The van der Waals surface area contributed by atoms with Gasteiger partial charge in [-0.15, -0.1) is 0 Å². The van der Waals surface area contributed by atoms with Crippen LogP contribution >= 0.6 is 11.3 Å². The molecule has 1 aliphatic heterocycles. The first-order valence-electron chi connectivity index (χ1n) is 12.7. The fourth-order valence-corrected chi connectivity index (χ4v) is 5.89. The molecule has 6 rings (SSSR count). The molecule has 4 N–H and O–H groups in total. The van der Waals surface area contributed by atoms with Gasteiger partial charge in [-0.05, 0) is 52.4 Å². The monoisotopic (exact) mass is 551 g/mol. The van der Waals surface area contributed by atoms with Crippen molar-refractivity contribution in [1.82, 2.24) is 15.3 Å². The van der Waals surface area contributed by atoms with E-state index in [2.05, 4.69) is 20.6 Å². The molecule has 2 aromatic heterocycles. The summed E-state index contributed by atoms with van der Waals surface area (Å²) >= 11 is 1.35. The van der Waals surface area contributed by atoms with Crippen LogP contribution in [0.4, 0.5) is 17.3 Å². The van der Waals surface area contributed by atoms with Gasteiger partial charge in [-0.3, -0.25) is 19.3 Å². The summed E-state index contributed by atoms with van der Waals surface area (Å²) in [4.78, 5) is 47.4. The van der Waals surface area contributed by atoms with Crippen molar-refractivity contribution in [3.8, 4) is 0 Å². The van der Waals surface area contributed by atoms with Crippen molar-refractivity contribution in [2.24, 2.45) is 0 Å². The lowest BCUT2D eigenvalue weighted by atomic mass is 9.88. The van der Waals surface area contributed by atoms with Crippen LogP contribution in [0.15, 0.2) is 83.6 Å². The van der Waals surface area contributed by atoms with Gasteiger partial charge in [0.15, 0.2) is 0 Å². The summed E-state index contributed by atoms with van der Waals surface area (Å²) in [7, 11) is 0. The highest BCUT2D eigenvalue weighted by molar-refractivity contribution is 7.08. The highest BCUT2D eigenvalue weighted by Gasteiger charge is 2.34. The molecule has 200 valence electrons. The summed E-state index contributed by atoms with van der Waals surface area (Å²) in [6.45, 7) is 0.107. The molecule has 1 aliphatic rings. The van der Waals surface area contributed by atoms with Crippen LogP contribution in [-0.2, 0) is 16.1 Å². The molecule has 1 atom stereocenters. The number of carboxylic acids is 1. The van der Waals surface area contributed by atoms with Gasteiger partial charge in [-0.2, -0.15) is 11.3 Å². The van der Waals surface area contributed by atoms with Crippen molar-refractivity contribution < 1.29 is 19.5 Å². The number of thiophene rings is 1. The van der Waals surface area contributed by atoms with Gasteiger partial charge in [0.1, 0.15) is 6.54 Å². The number of amides is 2. The SMILES string of the molecule is O=C(O)CC1c2cscc2C(=O)N(CC(=O)NCc2ccc(Nc3nc4ccccc4[nH]3)cc2)c2ccccc21. The summed E-state index contributed by atoms with van der Waals surface area (Å²) in [5.41, 5.74) is 5.96. The van der Waals surface area contributed by atoms with Crippen LogP contribution in [0.5, 0.6) is 0 Å². The number of carbonyl (C=O) groups is 3. The van der Waals surface area contributed by atoms with Crippen LogP contribution in [0, 0.1) is 0 Å². The molecular weight excluding hydrogens is 526 g/mol. The number of rotatable bonds is 8. The molecule has 0 aliphatic carbocycles. The summed E-state index contributed by atoms with van der Waals surface area (Å²) < 4.78 is 0. The van der Waals surface area contributed by atoms with Crippen molar-refractivity contribution in [2.75, 3.05) is 16.8 Å². The van der Waals surface area contributed by atoms with Gasteiger partial charge in [0, 0.05) is 29.2 Å². The van der Waals surface area contributed by atoms with Crippen LogP contribution in [0.2, 0.25) is 0 Å². The van der Waals surface area contributed by atoms with E-state index in [1.165, 1.54) is 16.2 Å². The van der Waals surface area contributed by atoms with E-state index in [9.17, 15) is 19.5 Å². The van der Waals surface area contributed by atoms with Crippen molar-refractivity contribution in [3.63, 3.8) is 0 Å². The van der Waals surface area contributed by atoms with Crippen LogP contribution in [-0.4, -0.2) is 39.4 Å². The summed E-state index contributed by atoms with van der Waals surface area (Å²) in [5.74, 6) is -1.41. The highest BCUT2D eigenvalue weighted by Crippen LogP contribution is 2.41. The number of benzene rings is 3. The van der Waals surface area contributed by atoms with Crippen LogP contribution in [0.3, 0.4) is 0 Å². The molecule has 0 radical (unpaired) electrons. The van der Waals surface area contributed by atoms with Crippen LogP contribution < -0.4 is 15.5 Å². The van der Waals surface area contributed by atoms with E-state index >= 15 is 0 Å². The van der Waals surface area contributed by atoms with E-state index in [4.69, 9.17) is 0 Å². The predicted molar refractivity (Wildman–Crippen MR) is 154 cm³/mol. The average molecular weight is 552 g/mol. The number of hydrogen-bond acceptors (Lipinski definition) is 6. The fourth-order valence-electron chi connectivity index (χ4n) is 5.01. The van der Waals surface area contributed by atoms with Gasteiger partial charge < -0.3 is 20.7 Å². The second-order valence-electron chi connectivity index (χ2n) is 9.54. The van der Waals surface area contributed by atoms with Gasteiger partial charge >= 0.3 is 5.97 Å². The third-order valence-corrected chi connectivity index (χ3v) is 7.68. The van der Waals surface area contributed by atoms with E-state index in [1.54, 1.807) is 17.5 Å². The minimum atomic E-state index is -0.950. The molecule has 2 amide bonds. The van der Waals surface area contributed by atoms with E-state index < -0.39 is 11.9 Å². The first-order chi connectivity index (χ1) is 19.5. The number of aliphatic carboxylic acids is 1. The number of carbonyl (C=O) groups excluding carboxylic acids is 2. The lowest BCUT2D eigenvalue weighted by Crippen LogP contribution is -2.40. The summed E-state index contributed by atoms with van der Waals surface area (Å²) in [5, 5.41) is 19.3. The Hall–Kier alpha value is -4.96. The minimum Gasteiger partial charge on any atom is -0.481 e. The van der Waals surface area contributed by atoms with E-state index in [0.29, 0.717) is 29.3 Å². The zero-order chi connectivity index (χ0) is 27.6. The number of imidazole rings is 1. The largest absolute Gasteiger partial charge is 0.481 e. The van der Waals surface area contributed by atoms with Gasteiger partial charge in [0.05, 0.1) is 23.0 Å². The van der Waals surface area contributed by atoms with Crippen molar-refractivity contribution in [3.05, 3.63) is 106 Å². The lowest BCUT2D eigenvalue weighted by Gasteiger charge is -2.24. The number of fused-ring (bicyclic) bond motifs is 3. The molecule has 1 unspecified atom stereocenters. The molecule has 3 aromatic carbocycles. The minimum absolute atomic E-state index is 0.144. The van der Waals surface area contributed by atoms with E-state index in [0.717, 1.165) is 27.8 Å². The normalized spacial score (nSPS) is 14.3. The molecule has 10 heteroatoms. The van der Waals surface area contributed by atoms with Gasteiger partial charge in [-0.25, -0.2) is 4.98 Å². The number of anilines is 3. The van der Waals surface area contributed by atoms with Crippen LogP contribution in [0.25, 0.3) is 11.0 Å². The van der Waals surface area contributed by atoms with Gasteiger partial charge in [0.2, 0.25) is 11.9 Å². The predicted octanol–water partition coefficient (Wildman–Crippen LogP) is 5.25. The molecular formula is C30H25N5O4S. The third kappa shape index (κ3) is 5.04. The molecule has 0 bridgehead atoms. The molecule has 0 saturated heterocycles. The highest BCUT2D eigenvalue weighted by atomic mass is 32.1. The second-order valence-corrected chi connectivity index (χ2v) is 10.3. The Morgan fingerprint density at radius 3 is 2.55 bits per heavy atom. The zero-order valence-corrected chi connectivity index (χ0v) is 22.1. The maximum absolute atomic E-state index is 13.5. The van der Waals surface area contributed by atoms with Gasteiger partial charge in [0.25, 0.3) is 5.91 Å². The van der Waals surface area contributed by atoms with Gasteiger partial charge in [-0.1, -0.05) is 42.5 Å². The Morgan fingerprint density at radius 2 is 1.75 bits per heavy atom. The van der Waals surface area contributed by atoms with Crippen molar-refractivity contribution in [1.29, 1.82) is 0 Å². The quantitative estimate of drug-likeness (QED) is 0.209. The molecule has 9 nitrogen and oxygen atoms in total. The maximum atomic E-state index is 13.5. The number of para-hydroxylation sites is 3. The third-order valence-electron chi connectivity index (χ3n) is 6.92. The van der Waals surface area contributed by atoms with Crippen molar-refractivity contribution >= 4 is 57.5 Å². The van der Waals surface area contributed by atoms with E-state index in [-0.39, 0.29) is 24.8 Å². The lowest BCUT2D eigenvalue weighted by molar-refractivity contribution is -0.137. The number of aromatic amines is 1.